The Morgan fingerprint density at radius 2 is 1.84 bits per heavy atom. The van der Waals surface area contributed by atoms with Crippen LogP contribution in [-0.4, -0.2) is 22.4 Å². The Morgan fingerprint density at radius 1 is 1.12 bits per heavy atom. The zero-order valence-electron chi connectivity index (χ0n) is 13.7. The zero-order chi connectivity index (χ0) is 18.1. The summed E-state index contributed by atoms with van der Waals surface area (Å²) >= 11 is 0. The maximum Gasteiger partial charge on any atom is 0.336 e. The highest BCUT2D eigenvalue weighted by molar-refractivity contribution is 6.39. The molecule has 6 nitrogen and oxygen atoms in total. The van der Waals surface area contributed by atoms with Gasteiger partial charge in [0.05, 0.1) is 5.69 Å². The topological polar surface area (TPSA) is 71.4 Å². The Morgan fingerprint density at radius 3 is 2.48 bits per heavy atom. The number of rotatable bonds is 3. The number of nitrogens with one attached hydrogen (secondary N) is 1. The van der Waals surface area contributed by atoms with Crippen LogP contribution in [0.4, 0.5) is 14.9 Å². The molecule has 1 saturated heterocycles. The first kappa shape index (κ1) is 16.6. The summed E-state index contributed by atoms with van der Waals surface area (Å²) in [5, 5.41) is 2.07. The third kappa shape index (κ3) is 3.08. The van der Waals surface area contributed by atoms with Gasteiger partial charge in [0.2, 0.25) is 0 Å². The van der Waals surface area contributed by atoms with Crippen LogP contribution >= 0.6 is 0 Å². The average Bonchev–Trinajstić information content (AvgIpc) is 3.02. The second-order valence-electron chi connectivity index (χ2n) is 5.90. The molecule has 1 aromatic heterocycles. The molecule has 2 aromatic rings. The van der Waals surface area contributed by atoms with Gasteiger partial charge in [0.1, 0.15) is 11.4 Å². The van der Waals surface area contributed by atoms with Gasteiger partial charge in [-0.3, -0.25) is 14.9 Å². The molecule has 0 bridgehead atoms. The third-order valence-electron chi connectivity index (χ3n) is 3.84. The van der Waals surface area contributed by atoms with E-state index in [4.69, 9.17) is 0 Å². The van der Waals surface area contributed by atoms with E-state index >= 15 is 0 Å². The number of carbonyl (C=O) groups excluding carboxylic acids is 3. The number of hydrogen-bond acceptors (Lipinski definition) is 3. The SMILES string of the molecule is CC(C)n1ccc(/C=C2/C(=O)NC(=O)N(c3ccccc3F)C2=O)c1. The predicted octanol–water partition coefficient (Wildman–Crippen LogP) is 2.87. The van der Waals surface area contributed by atoms with E-state index in [1.165, 1.54) is 24.3 Å². The molecule has 2 heterocycles. The summed E-state index contributed by atoms with van der Waals surface area (Å²) in [6.45, 7) is 3.99. The number of nitrogens with zero attached hydrogens (tertiary/aromatic N) is 2. The van der Waals surface area contributed by atoms with Crippen LogP contribution in [0.25, 0.3) is 6.08 Å². The van der Waals surface area contributed by atoms with Gasteiger partial charge in [-0.2, -0.15) is 0 Å². The molecule has 4 amide bonds. The summed E-state index contributed by atoms with van der Waals surface area (Å²) < 4.78 is 15.9. The Hall–Kier alpha value is -3.22. The van der Waals surface area contributed by atoms with E-state index in [2.05, 4.69) is 5.32 Å². The fourth-order valence-corrected chi connectivity index (χ4v) is 2.51. The largest absolute Gasteiger partial charge is 0.351 e. The van der Waals surface area contributed by atoms with E-state index in [9.17, 15) is 18.8 Å². The minimum Gasteiger partial charge on any atom is -0.351 e. The summed E-state index contributed by atoms with van der Waals surface area (Å²) in [5.74, 6) is -2.40. The van der Waals surface area contributed by atoms with Crippen molar-refractivity contribution in [1.82, 2.24) is 9.88 Å². The van der Waals surface area contributed by atoms with Crippen molar-refractivity contribution in [3.63, 3.8) is 0 Å². The van der Waals surface area contributed by atoms with Crippen molar-refractivity contribution in [2.24, 2.45) is 0 Å². The van der Waals surface area contributed by atoms with E-state index < -0.39 is 23.7 Å². The fourth-order valence-electron chi connectivity index (χ4n) is 2.51. The first-order chi connectivity index (χ1) is 11.9. The molecule has 128 valence electrons. The number of aromatic nitrogens is 1. The minimum atomic E-state index is -0.975. The molecule has 0 aliphatic carbocycles. The van der Waals surface area contributed by atoms with Gasteiger partial charge in [0.15, 0.2) is 0 Å². The zero-order valence-corrected chi connectivity index (χ0v) is 13.7. The van der Waals surface area contributed by atoms with Crippen molar-refractivity contribution >= 4 is 29.6 Å². The maximum atomic E-state index is 14.0. The number of halogens is 1. The van der Waals surface area contributed by atoms with Crippen molar-refractivity contribution in [2.45, 2.75) is 19.9 Å². The third-order valence-corrected chi connectivity index (χ3v) is 3.84. The highest BCUT2D eigenvalue weighted by Gasteiger charge is 2.37. The monoisotopic (exact) mass is 341 g/mol. The molecule has 3 rings (SSSR count). The van der Waals surface area contributed by atoms with Crippen LogP contribution < -0.4 is 10.2 Å². The van der Waals surface area contributed by atoms with E-state index in [1.807, 2.05) is 24.6 Å². The first-order valence-electron chi connectivity index (χ1n) is 7.72. The summed E-state index contributed by atoms with van der Waals surface area (Å²) in [7, 11) is 0. The average molecular weight is 341 g/mol. The van der Waals surface area contributed by atoms with Gasteiger partial charge < -0.3 is 4.57 Å². The van der Waals surface area contributed by atoms with Gasteiger partial charge in [-0.25, -0.2) is 14.1 Å². The molecule has 0 unspecified atom stereocenters. The number of barbiturate groups is 1. The molecule has 1 aromatic carbocycles. The molecular formula is C18H16FN3O3. The molecule has 25 heavy (non-hydrogen) atoms. The van der Waals surface area contributed by atoms with E-state index in [1.54, 1.807) is 12.3 Å². The van der Waals surface area contributed by atoms with E-state index in [0.29, 0.717) is 10.5 Å². The van der Waals surface area contributed by atoms with E-state index in [0.717, 1.165) is 6.07 Å². The van der Waals surface area contributed by atoms with Gasteiger partial charge in [0.25, 0.3) is 11.8 Å². The van der Waals surface area contributed by atoms with Crippen molar-refractivity contribution in [3.8, 4) is 0 Å². The summed E-state index contributed by atoms with van der Waals surface area (Å²) in [6, 6.07) is 6.38. The van der Waals surface area contributed by atoms with Gasteiger partial charge >= 0.3 is 6.03 Å². The lowest BCUT2D eigenvalue weighted by atomic mass is 10.1. The molecule has 1 fully saturated rings. The number of hydrogen-bond donors (Lipinski definition) is 1. The van der Waals surface area contributed by atoms with Gasteiger partial charge in [-0.05, 0) is 43.7 Å². The second kappa shape index (κ2) is 6.35. The summed E-state index contributed by atoms with van der Waals surface area (Å²) in [4.78, 5) is 37.4. The lowest BCUT2D eigenvalue weighted by Gasteiger charge is -2.26. The highest BCUT2D eigenvalue weighted by Crippen LogP contribution is 2.24. The van der Waals surface area contributed by atoms with Crippen molar-refractivity contribution in [3.05, 3.63) is 59.7 Å². The van der Waals surface area contributed by atoms with Gasteiger partial charge in [-0.1, -0.05) is 12.1 Å². The van der Waals surface area contributed by atoms with Crippen LogP contribution in [0, 0.1) is 5.82 Å². The number of anilines is 1. The molecule has 1 aliphatic rings. The van der Waals surface area contributed by atoms with Crippen molar-refractivity contribution < 1.29 is 18.8 Å². The number of para-hydroxylation sites is 1. The molecule has 1 aliphatic heterocycles. The Balaban J connectivity index is 2.00. The molecule has 7 heteroatoms. The van der Waals surface area contributed by atoms with Crippen molar-refractivity contribution in [1.29, 1.82) is 0 Å². The second-order valence-corrected chi connectivity index (χ2v) is 5.90. The van der Waals surface area contributed by atoms with Gasteiger partial charge in [0, 0.05) is 18.4 Å². The molecule has 1 N–H and O–H groups in total. The quantitative estimate of drug-likeness (QED) is 0.689. The molecule has 0 spiro atoms. The van der Waals surface area contributed by atoms with Crippen molar-refractivity contribution in [2.75, 3.05) is 4.90 Å². The van der Waals surface area contributed by atoms with Crippen LogP contribution in [-0.2, 0) is 9.59 Å². The number of amides is 4. The smallest absolute Gasteiger partial charge is 0.336 e. The van der Waals surface area contributed by atoms with Gasteiger partial charge in [-0.15, -0.1) is 0 Å². The molecule has 0 saturated carbocycles. The predicted molar refractivity (Wildman–Crippen MR) is 90.2 cm³/mol. The number of urea groups is 1. The fraction of sp³-hybridized carbons (Fsp3) is 0.167. The lowest BCUT2D eigenvalue weighted by molar-refractivity contribution is -0.122. The van der Waals surface area contributed by atoms with Crippen LogP contribution in [0.2, 0.25) is 0 Å². The minimum absolute atomic E-state index is 0.205. The first-order valence-corrected chi connectivity index (χ1v) is 7.72. The maximum absolute atomic E-state index is 14.0. The van der Waals surface area contributed by atoms with Crippen LogP contribution in [0.5, 0.6) is 0 Å². The molecule has 0 radical (unpaired) electrons. The Kier molecular flexibility index (Phi) is 4.22. The lowest BCUT2D eigenvalue weighted by Crippen LogP contribution is -2.54. The van der Waals surface area contributed by atoms with Crippen LogP contribution in [0.1, 0.15) is 25.5 Å². The molecular weight excluding hydrogens is 325 g/mol. The highest BCUT2D eigenvalue weighted by atomic mass is 19.1. The molecule has 0 atom stereocenters. The standard InChI is InChI=1S/C18H16FN3O3/c1-11(2)21-8-7-12(10-21)9-13-16(23)20-18(25)22(17(13)24)15-6-4-3-5-14(15)19/h3-11H,1-2H3,(H,20,23,25)/b13-9-. The number of benzene rings is 1. The van der Waals surface area contributed by atoms with Crippen LogP contribution in [0.3, 0.4) is 0 Å². The normalized spacial score (nSPS) is 16.7. The summed E-state index contributed by atoms with van der Waals surface area (Å²) in [6.07, 6.45) is 4.99. The Bertz CT molecular complexity index is 898. The number of imide groups is 2. The van der Waals surface area contributed by atoms with E-state index in [-0.39, 0.29) is 17.3 Å². The Labute approximate surface area is 143 Å². The van der Waals surface area contributed by atoms with Crippen LogP contribution in [0.15, 0.2) is 48.3 Å². The summed E-state index contributed by atoms with van der Waals surface area (Å²) in [5.41, 5.74) is 0.197. The number of carbonyl (C=O) groups is 3.